The van der Waals surface area contributed by atoms with E-state index in [1.54, 1.807) is 38.1 Å². The molecule has 1 amide bonds. The largest absolute Gasteiger partial charge is 0.496 e. The first-order chi connectivity index (χ1) is 9.94. The predicted octanol–water partition coefficient (Wildman–Crippen LogP) is 3.35. The molecule has 0 aliphatic carbocycles. The fourth-order valence-electron chi connectivity index (χ4n) is 1.98. The molecule has 0 aliphatic rings. The number of nitrogens with two attached hydrogens (primary N) is 1. The van der Waals surface area contributed by atoms with Crippen molar-refractivity contribution in [2.75, 3.05) is 7.11 Å². The number of hydrogen-bond acceptors (Lipinski definition) is 3. The van der Waals surface area contributed by atoms with E-state index in [1.165, 1.54) is 13.2 Å². The van der Waals surface area contributed by atoms with Gasteiger partial charge in [-0.3, -0.25) is 9.59 Å². The third-order valence-corrected chi connectivity index (χ3v) is 3.16. The van der Waals surface area contributed by atoms with Crippen molar-refractivity contribution >= 4 is 28.9 Å². The fraction of sp³-hybridized carbons (Fsp3) is 0.250. The molecule has 1 aromatic rings. The lowest BCUT2D eigenvalue weighted by atomic mass is 9.94. The molecule has 21 heavy (non-hydrogen) atoms. The molecule has 5 heteroatoms. The van der Waals surface area contributed by atoms with Crippen LogP contribution in [0, 0.1) is 0 Å². The number of halogens is 1. The molecule has 0 atom stereocenters. The van der Waals surface area contributed by atoms with E-state index in [4.69, 9.17) is 22.1 Å². The van der Waals surface area contributed by atoms with Crippen LogP contribution in [0.3, 0.4) is 0 Å². The van der Waals surface area contributed by atoms with E-state index >= 15 is 0 Å². The van der Waals surface area contributed by atoms with Crippen LogP contribution in [0.25, 0.3) is 5.57 Å². The van der Waals surface area contributed by atoms with Gasteiger partial charge in [0.1, 0.15) is 5.76 Å². The molecule has 0 fully saturated rings. The van der Waals surface area contributed by atoms with Gasteiger partial charge >= 0.3 is 0 Å². The van der Waals surface area contributed by atoms with E-state index in [0.29, 0.717) is 33.9 Å². The SMILES string of the molecule is C/C=C(OC)\C(=C/C(N)=O)c1cc(Cl)ccc1C(=O)CC. The number of benzene rings is 1. The molecule has 2 N–H and O–H groups in total. The number of hydrogen-bond donors (Lipinski definition) is 1. The number of amides is 1. The van der Waals surface area contributed by atoms with Crippen molar-refractivity contribution in [3.05, 3.63) is 52.3 Å². The number of carbonyl (C=O) groups excluding carboxylic acids is 2. The molecule has 0 saturated carbocycles. The summed E-state index contributed by atoms with van der Waals surface area (Å²) in [5.74, 6) is -0.235. The summed E-state index contributed by atoms with van der Waals surface area (Å²) in [4.78, 5) is 23.4. The summed E-state index contributed by atoms with van der Waals surface area (Å²) >= 11 is 6.02. The van der Waals surface area contributed by atoms with Crippen molar-refractivity contribution in [2.45, 2.75) is 20.3 Å². The van der Waals surface area contributed by atoms with Crippen LogP contribution in [-0.2, 0) is 9.53 Å². The Hall–Kier alpha value is -2.07. The number of Topliss-reactive ketones (excluding diaryl/α,β-unsaturated/α-hetero) is 1. The highest BCUT2D eigenvalue weighted by Crippen LogP contribution is 2.30. The first-order valence-corrected chi connectivity index (χ1v) is 6.87. The minimum Gasteiger partial charge on any atom is -0.496 e. The maximum Gasteiger partial charge on any atom is 0.242 e. The van der Waals surface area contributed by atoms with E-state index in [1.807, 2.05) is 0 Å². The number of methoxy groups -OCH3 is 1. The topological polar surface area (TPSA) is 69.4 Å². The van der Waals surface area contributed by atoms with Gasteiger partial charge in [-0.05, 0) is 36.8 Å². The lowest BCUT2D eigenvalue weighted by Crippen LogP contribution is -2.10. The number of allylic oxidation sites excluding steroid dienone is 2. The van der Waals surface area contributed by atoms with Crippen LogP contribution in [-0.4, -0.2) is 18.8 Å². The summed E-state index contributed by atoms with van der Waals surface area (Å²) in [7, 11) is 1.48. The molecule has 1 aromatic carbocycles. The zero-order chi connectivity index (χ0) is 16.0. The highest BCUT2D eigenvalue weighted by Gasteiger charge is 2.17. The maximum atomic E-state index is 12.1. The molecule has 0 heterocycles. The monoisotopic (exact) mass is 307 g/mol. The van der Waals surface area contributed by atoms with Gasteiger partial charge in [0.25, 0.3) is 0 Å². The third kappa shape index (κ3) is 4.20. The molecular formula is C16H18ClNO3. The summed E-state index contributed by atoms with van der Waals surface area (Å²) in [5, 5.41) is 0.458. The van der Waals surface area contributed by atoms with Crippen molar-refractivity contribution in [3.63, 3.8) is 0 Å². The number of ether oxygens (including phenoxy) is 1. The van der Waals surface area contributed by atoms with Gasteiger partial charge in [0, 0.05) is 28.7 Å². The molecule has 0 saturated heterocycles. The predicted molar refractivity (Wildman–Crippen MR) is 84.0 cm³/mol. The first-order valence-electron chi connectivity index (χ1n) is 6.49. The highest BCUT2D eigenvalue weighted by atomic mass is 35.5. The Kier molecular flexibility index (Phi) is 6.18. The lowest BCUT2D eigenvalue weighted by Gasteiger charge is -2.14. The van der Waals surface area contributed by atoms with Crippen molar-refractivity contribution < 1.29 is 14.3 Å². The second kappa shape index (κ2) is 7.64. The zero-order valence-electron chi connectivity index (χ0n) is 12.3. The number of carbonyl (C=O) groups is 2. The Morgan fingerprint density at radius 1 is 1.33 bits per heavy atom. The second-order valence-corrected chi connectivity index (χ2v) is 4.72. The van der Waals surface area contributed by atoms with Gasteiger partial charge in [-0.1, -0.05) is 18.5 Å². The Labute approximate surface area is 129 Å². The van der Waals surface area contributed by atoms with Crippen LogP contribution < -0.4 is 5.73 Å². The average Bonchev–Trinajstić information content (AvgIpc) is 2.46. The van der Waals surface area contributed by atoms with Gasteiger partial charge in [0.2, 0.25) is 5.91 Å². The lowest BCUT2D eigenvalue weighted by molar-refractivity contribution is -0.113. The number of ketones is 1. The van der Waals surface area contributed by atoms with E-state index in [-0.39, 0.29) is 5.78 Å². The fourth-order valence-corrected chi connectivity index (χ4v) is 2.15. The normalized spacial score (nSPS) is 12.2. The first kappa shape index (κ1) is 17.0. The van der Waals surface area contributed by atoms with Gasteiger partial charge in [0.15, 0.2) is 5.78 Å². The van der Waals surface area contributed by atoms with Gasteiger partial charge in [0.05, 0.1) is 7.11 Å². The summed E-state index contributed by atoms with van der Waals surface area (Å²) in [6, 6.07) is 4.90. The van der Waals surface area contributed by atoms with Crippen molar-refractivity contribution in [3.8, 4) is 0 Å². The second-order valence-electron chi connectivity index (χ2n) is 4.28. The minimum atomic E-state index is -0.628. The van der Waals surface area contributed by atoms with Crippen molar-refractivity contribution in [1.82, 2.24) is 0 Å². The molecular weight excluding hydrogens is 290 g/mol. The molecule has 0 unspecified atom stereocenters. The van der Waals surface area contributed by atoms with E-state index in [9.17, 15) is 9.59 Å². The van der Waals surface area contributed by atoms with Crippen LogP contribution in [0.2, 0.25) is 5.02 Å². The van der Waals surface area contributed by atoms with Gasteiger partial charge < -0.3 is 10.5 Å². The van der Waals surface area contributed by atoms with Gasteiger partial charge in [-0.2, -0.15) is 0 Å². The van der Waals surface area contributed by atoms with Crippen LogP contribution in [0.1, 0.15) is 36.2 Å². The van der Waals surface area contributed by atoms with Crippen LogP contribution in [0.4, 0.5) is 0 Å². The molecule has 1 rings (SSSR count). The van der Waals surface area contributed by atoms with Crippen LogP contribution in [0.15, 0.2) is 36.1 Å². The summed E-state index contributed by atoms with van der Waals surface area (Å²) in [6.07, 6.45) is 3.27. The average molecular weight is 308 g/mol. The Balaban J connectivity index is 3.61. The van der Waals surface area contributed by atoms with Crippen LogP contribution >= 0.6 is 11.6 Å². The van der Waals surface area contributed by atoms with Crippen molar-refractivity contribution in [1.29, 1.82) is 0 Å². The summed E-state index contributed by atoms with van der Waals surface area (Å²) in [6.45, 7) is 3.53. The Bertz CT molecular complexity index is 618. The Morgan fingerprint density at radius 2 is 2.00 bits per heavy atom. The Morgan fingerprint density at radius 3 is 2.48 bits per heavy atom. The van der Waals surface area contributed by atoms with Gasteiger partial charge in [-0.15, -0.1) is 0 Å². The third-order valence-electron chi connectivity index (χ3n) is 2.93. The maximum absolute atomic E-state index is 12.1. The minimum absolute atomic E-state index is 0.0522. The van der Waals surface area contributed by atoms with Gasteiger partial charge in [-0.25, -0.2) is 0 Å². The summed E-state index contributed by atoms with van der Waals surface area (Å²) in [5.41, 5.74) is 6.70. The molecule has 0 spiro atoms. The van der Waals surface area contributed by atoms with Crippen LogP contribution in [0.5, 0.6) is 0 Å². The molecule has 0 bridgehead atoms. The number of rotatable bonds is 6. The highest BCUT2D eigenvalue weighted by molar-refractivity contribution is 6.31. The number of primary amides is 1. The molecule has 4 nitrogen and oxygen atoms in total. The summed E-state index contributed by atoms with van der Waals surface area (Å²) < 4.78 is 5.26. The standard InChI is InChI=1S/C16H18ClNO3/c1-4-14(19)11-7-6-10(17)8-12(11)13(9-16(18)20)15(5-2)21-3/h5-9H,4H2,1-3H3,(H2,18,20)/b13-9-,15-5+. The molecule has 112 valence electrons. The quantitative estimate of drug-likeness (QED) is 0.379. The zero-order valence-corrected chi connectivity index (χ0v) is 13.0. The smallest absolute Gasteiger partial charge is 0.242 e. The van der Waals surface area contributed by atoms with E-state index < -0.39 is 5.91 Å². The molecule has 0 aromatic heterocycles. The molecule has 0 radical (unpaired) electrons. The molecule has 0 aliphatic heterocycles. The van der Waals surface area contributed by atoms with E-state index in [0.717, 1.165) is 0 Å². The van der Waals surface area contributed by atoms with Crippen molar-refractivity contribution in [2.24, 2.45) is 5.73 Å². The van der Waals surface area contributed by atoms with E-state index in [2.05, 4.69) is 0 Å².